The largest absolute Gasteiger partial charge is 0.349 e. The third-order valence-electron chi connectivity index (χ3n) is 3.21. The van der Waals surface area contributed by atoms with Gasteiger partial charge in [-0.15, -0.1) is 5.10 Å². The molecule has 0 aliphatic carbocycles. The molecule has 0 atom stereocenters. The molecule has 0 saturated heterocycles. The normalized spacial score (nSPS) is 10.3. The van der Waals surface area contributed by atoms with E-state index in [9.17, 15) is 4.39 Å². The topological polar surface area (TPSA) is 62.7 Å². The molecule has 0 saturated carbocycles. The van der Waals surface area contributed by atoms with E-state index in [4.69, 9.17) is 0 Å². The van der Waals surface area contributed by atoms with Crippen LogP contribution in [0.2, 0.25) is 0 Å². The molecule has 0 fully saturated rings. The molecule has 0 aliphatic heterocycles. The number of nitrogens with one attached hydrogen (secondary N) is 2. The minimum Gasteiger partial charge on any atom is -0.349 e. The third-order valence-corrected chi connectivity index (χ3v) is 3.21. The summed E-state index contributed by atoms with van der Waals surface area (Å²) in [5, 5.41) is 14.1. The second-order valence-electron chi connectivity index (χ2n) is 5.14. The van der Waals surface area contributed by atoms with Gasteiger partial charge in [0.2, 0.25) is 5.95 Å². The van der Waals surface area contributed by atoms with Gasteiger partial charge < -0.3 is 10.6 Å². The van der Waals surface area contributed by atoms with Crippen LogP contribution in [0.3, 0.4) is 0 Å². The Kier molecular flexibility index (Phi) is 4.42. The highest BCUT2D eigenvalue weighted by Gasteiger charge is 2.02. The van der Waals surface area contributed by atoms with E-state index < -0.39 is 0 Å². The number of hydrogen-bond acceptors (Lipinski definition) is 5. The summed E-state index contributed by atoms with van der Waals surface area (Å²) in [6.07, 6.45) is 1.56. The van der Waals surface area contributed by atoms with Gasteiger partial charge in [-0.05, 0) is 42.3 Å². The molecule has 2 N–H and O–H groups in total. The van der Waals surface area contributed by atoms with Crippen molar-refractivity contribution < 1.29 is 4.39 Å². The number of aryl methyl sites for hydroxylation is 1. The van der Waals surface area contributed by atoms with Crippen LogP contribution in [0.1, 0.15) is 11.1 Å². The molecule has 0 radical (unpaired) electrons. The predicted molar refractivity (Wildman–Crippen MR) is 88.0 cm³/mol. The molecule has 0 unspecified atom stereocenters. The van der Waals surface area contributed by atoms with Crippen molar-refractivity contribution >= 4 is 17.5 Å². The van der Waals surface area contributed by atoms with Gasteiger partial charge in [0.1, 0.15) is 5.82 Å². The monoisotopic (exact) mass is 309 g/mol. The SMILES string of the molecule is Cc1cccc(Nc2cnnc(NCc3ccc(F)cc3)n2)c1. The Bertz CT molecular complexity index is 789. The van der Waals surface area contributed by atoms with Gasteiger partial charge in [0.05, 0.1) is 6.20 Å². The van der Waals surface area contributed by atoms with Crippen molar-refractivity contribution in [1.29, 1.82) is 0 Å². The molecule has 0 amide bonds. The van der Waals surface area contributed by atoms with E-state index in [1.165, 1.54) is 12.1 Å². The quantitative estimate of drug-likeness (QED) is 0.753. The van der Waals surface area contributed by atoms with Crippen LogP contribution in [-0.2, 0) is 6.54 Å². The minimum atomic E-state index is -0.254. The van der Waals surface area contributed by atoms with Crippen molar-refractivity contribution in [2.75, 3.05) is 10.6 Å². The van der Waals surface area contributed by atoms with Gasteiger partial charge in [-0.1, -0.05) is 24.3 Å². The molecule has 0 bridgehead atoms. The first-order valence-electron chi connectivity index (χ1n) is 7.21. The number of benzene rings is 2. The van der Waals surface area contributed by atoms with Gasteiger partial charge in [-0.3, -0.25) is 0 Å². The molecule has 23 heavy (non-hydrogen) atoms. The summed E-state index contributed by atoms with van der Waals surface area (Å²) in [5.41, 5.74) is 3.04. The van der Waals surface area contributed by atoms with E-state index in [-0.39, 0.29) is 5.82 Å². The first kappa shape index (κ1) is 14.9. The lowest BCUT2D eigenvalue weighted by Gasteiger charge is -2.08. The lowest BCUT2D eigenvalue weighted by molar-refractivity contribution is 0.627. The predicted octanol–water partition coefficient (Wildman–Crippen LogP) is 3.67. The summed E-state index contributed by atoms with van der Waals surface area (Å²) in [7, 11) is 0. The molecule has 2 aromatic carbocycles. The van der Waals surface area contributed by atoms with E-state index in [0.29, 0.717) is 18.3 Å². The minimum absolute atomic E-state index is 0.254. The Hall–Kier alpha value is -3.02. The van der Waals surface area contributed by atoms with Crippen molar-refractivity contribution in [2.24, 2.45) is 0 Å². The molecule has 5 nitrogen and oxygen atoms in total. The number of hydrogen-bond donors (Lipinski definition) is 2. The van der Waals surface area contributed by atoms with Gasteiger partial charge in [-0.25, -0.2) is 4.39 Å². The van der Waals surface area contributed by atoms with E-state index in [1.807, 2.05) is 31.2 Å². The average molecular weight is 309 g/mol. The maximum absolute atomic E-state index is 12.9. The fraction of sp³-hybridized carbons (Fsp3) is 0.118. The van der Waals surface area contributed by atoms with E-state index in [0.717, 1.165) is 16.8 Å². The Morgan fingerprint density at radius 2 is 1.91 bits per heavy atom. The molecule has 1 heterocycles. The number of nitrogens with zero attached hydrogens (tertiary/aromatic N) is 3. The summed E-state index contributed by atoms with van der Waals surface area (Å²) in [5.74, 6) is 0.759. The fourth-order valence-electron chi connectivity index (χ4n) is 2.09. The highest BCUT2D eigenvalue weighted by molar-refractivity contribution is 5.56. The fourth-order valence-corrected chi connectivity index (χ4v) is 2.09. The maximum atomic E-state index is 12.9. The molecule has 0 aliphatic rings. The summed E-state index contributed by atoms with van der Waals surface area (Å²) in [4.78, 5) is 4.36. The number of anilines is 3. The van der Waals surface area contributed by atoms with Crippen molar-refractivity contribution in [3.05, 3.63) is 71.7 Å². The number of aromatic nitrogens is 3. The summed E-state index contributed by atoms with van der Waals surface area (Å²) in [6.45, 7) is 2.52. The molecule has 6 heteroatoms. The maximum Gasteiger partial charge on any atom is 0.244 e. The van der Waals surface area contributed by atoms with Crippen LogP contribution in [-0.4, -0.2) is 15.2 Å². The van der Waals surface area contributed by atoms with Crippen LogP contribution >= 0.6 is 0 Å². The molecule has 3 aromatic rings. The summed E-state index contributed by atoms with van der Waals surface area (Å²) in [6, 6.07) is 14.3. The molecular formula is C17H16FN5. The molecule has 3 rings (SSSR count). The van der Waals surface area contributed by atoms with Crippen LogP contribution in [0, 0.1) is 12.7 Å². The second-order valence-corrected chi connectivity index (χ2v) is 5.14. The zero-order chi connectivity index (χ0) is 16.1. The van der Waals surface area contributed by atoms with Gasteiger partial charge in [0.25, 0.3) is 0 Å². The lowest BCUT2D eigenvalue weighted by atomic mass is 10.2. The smallest absolute Gasteiger partial charge is 0.244 e. The zero-order valence-corrected chi connectivity index (χ0v) is 12.6. The second kappa shape index (κ2) is 6.83. The third kappa shape index (κ3) is 4.23. The average Bonchev–Trinajstić information content (AvgIpc) is 2.55. The highest BCUT2D eigenvalue weighted by atomic mass is 19.1. The number of halogens is 1. The van der Waals surface area contributed by atoms with Crippen LogP contribution in [0.15, 0.2) is 54.7 Å². The zero-order valence-electron chi connectivity index (χ0n) is 12.6. The van der Waals surface area contributed by atoms with Crippen LogP contribution in [0.5, 0.6) is 0 Å². The Morgan fingerprint density at radius 3 is 2.70 bits per heavy atom. The Labute approximate surface area is 133 Å². The van der Waals surface area contributed by atoms with Crippen molar-refractivity contribution in [3.8, 4) is 0 Å². The van der Waals surface area contributed by atoms with Gasteiger partial charge >= 0.3 is 0 Å². The first-order valence-corrected chi connectivity index (χ1v) is 7.21. The Balaban J connectivity index is 1.66. The van der Waals surface area contributed by atoms with Crippen LogP contribution < -0.4 is 10.6 Å². The van der Waals surface area contributed by atoms with Crippen molar-refractivity contribution in [1.82, 2.24) is 15.2 Å². The van der Waals surface area contributed by atoms with E-state index in [1.54, 1.807) is 18.3 Å². The van der Waals surface area contributed by atoms with E-state index >= 15 is 0 Å². The van der Waals surface area contributed by atoms with Gasteiger partial charge in [0, 0.05) is 12.2 Å². The summed E-state index contributed by atoms with van der Waals surface area (Å²) < 4.78 is 12.9. The first-order chi connectivity index (χ1) is 11.2. The van der Waals surface area contributed by atoms with Crippen LogP contribution in [0.4, 0.5) is 21.8 Å². The number of rotatable bonds is 5. The molecular weight excluding hydrogens is 293 g/mol. The van der Waals surface area contributed by atoms with Gasteiger partial charge in [0.15, 0.2) is 5.82 Å². The molecule has 0 spiro atoms. The van der Waals surface area contributed by atoms with Crippen molar-refractivity contribution in [2.45, 2.75) is 13.5 Å². The van der Waals surface area contributed by atoms with Crippen LogP contribution in [0.25, 0.3) is 0 Å². The standard InChI is InChI=1S/C17H16FN5/c1-12-3-2-4-15(9-12)21-16-11-20-23-17(22-16)19-10-13-5-7-14(18)8-6-13/h2-9,11H,10H2,1H3,(H2,19,21,22,23). The molecule has 116 valence electrons. The van der Waals surface area contributed by atoms with Gasteiger partial charge in [-0.2, -0.15) is 10.1 Å². The van der Waals surface area contributed by atoms with E-state index in [2.05, 4.69) is 25.8 Å². The Morgan fingerprint density at radius 1 is 1.09 bits per heavy atom. The van der Waals surface area contributed by atoms with Crippen molar-refractivity contribution in [3.63, 3.8) is 0 Å². The lowest BCUT2D eigenvalue weighted by Crippen LogP contribution is -2.06. The summed E-state index contributed by atoms with van der Waals surface area (Å²) >= 11 is 0. The molecule has 1 aromatic heterocycles. The highest BCUT2D eigenvalue weighted by Crippen LogP contribution is 2.15.